The third-order valence-electron chi connectivity index (χ3n) is 3.61. The van der Waals surface area contributed by atoms with E-state index in [0.29, 0.717) is 5.56 Å². The minimum atomic E-state index is -3.33. The molecule has 1 aromatic carbocycles. The van der Waals surface area contributed by atoms with E-state index >= 15 is 0 Å². The first kappa shape index (κ1) is 22.3. The van der Waals surface area contributed by atoms with Crippen LogP contribution in [-0.4, -0.2) is 42.0 Å². The number of carboxylic acid groups (broad SMARTS) is 1. The van der Waals surface area contributed by atoms with Crippen LogP contribution >= 0.6 is 7.60 Å². The van der Waals surface area contributed by atoms with E-state index in [1.807, 2.05) is 6.07 Å². The molecule has 0 aliphatic carbocycles. The number of esters is 1. The number of carbonyl (C=O) groups excluding carboxylic acids is 1. The van der Waals surface area contributed by atoms with Gasteiger partial charge in [-0.25, -0.2) is 9.59 Å². The smallest absolute Gasteiger partial charge is 0.338 e. The van der Waals surface area contributed by atoms with Crippen LogP contribution in [0.2, 0.25) is 0 Å². The molecule has 0 radical (unpaired) electrons. The molecule has 0 saturated carbocycles. The van der Waals surface area contributed by atoms with Crippen LogP contribution in [0.4, 0.5) is 0 Å². The summed E-state index contributed by atoms with van der Waals surface area (Å²) >= 11 is 0. The molecule has 8 nitrogen and oxygen atoms in total. The lowest BCUT2D eigenvalue weighted by Gasteiger charge is -2.24. The minimum absolute atomic E-state index is 0.0348. The predicted molar refractivity (Wildman–Crippen MR) is 95.8 cm³/mol. The van der Waals surface area contributed by atoms with E-state index < -0.39 is 25.1 Å². The summed E-state index contributed by atoms with van der Waals surface area (Å²) in [6.07, 6.45) is -0.215. The summed E-state index contributed by atoms with van der Waals surface area (Å²) in [6.45, 7) is 3.67. The number of hydrogen-bond acceptors (Lipinski definition) is 7. The van der Waals surface area contributed by atoms with Gasteiger partial charge in [0.1, 0.15) is 6.61 Å². The highest BCUT2D eigenvalue weighted by atomic mass is 31.2. The van der Waals surface area contributed by atoms with Gasteiger partial charge in [-0.3, -0.25) is 4.57 Å². The molecular formula is C17H26NO7P. The van der Waals surface area contributed by atoms with E-state index in [-0.39, 0.29) is 38.8 Å². The van der Waals surface area contributed by atoms with Gasteiger partial charge in [0, 0.05) is 0 Å². The number of rotatable bonds is 12. The van der Waals surface area contributed by atoms with E-state index in [4.69, 9.17) is 19.5 Å². The predicted octanol–water partition coefficient (Wildman–Crippen LogP) is 2.56. The van der Waals surface area contributed by atoms with Gasteiger partial charge in [-0.05, 0) is 32.3 Å². The Morgan fingerprint density at radius 3 is 2.23 bits per heavy atom. The van der Waals surface area contributed by atoms with Crippen molar-refractivity contribution in [3.05, 3.63) is 35.9 Å². The zero-order valence-corrected chi connectivity index (χ0v) is 15.9. The molecule has 1 rings (SSSR count). The number of hydrogen-bond donors (Lipinski definition) is 2. The number of ether oxygens (including phenoxy) is 1. The molecule has 1 unspecified atom stereocenters. The number of nitrogens with two attached hydrogens (primary N) is 1. The second-order valence-corrected chi connectivity index (χ2v) is 7.80. The molecule has 0 spiro atoms. The van der Waals surface area contributed by atoms with Crippen LogP contribution < -0.4 is 5.73 Å². The molecule has 0 bridgehead atoms. The van der Waals surface area contributed by atoms with Crippen molar-refractivity contribution in [1.29, 1.82) is 0 Å². The van der Waals surface area contributed by atoms with Crippen molar-refractivity contribution in [2.75, 3.05) is 19.4 Å². The van der Waals surface area contributed by atoms with Crippen LogP contribution in [0.3, 0.4) is 0 Å². The molecule has 0 heterocycles. The van der Waals surface area contributed by atoms with E-state index in [0.717, 1.165) is 0 Å². The lowest BCUT2D eigenvalue weighted by molar-refractivity contribution is -0.162. The van der Waals surface area contributed by atoms with Gasteiger partial charge in [-0.15, -0.1) is 0 Å². The van der Waals surface area contributed by atoms with Gasteiger partial charge in [0.15, 0.2) is 0 Å². The summed E-state index contributed by atoms with van der Waals surface area (Å²) in [5.74, 6) is -2.55. The highest BCUT2D eigenvalue weighted by Crippen LogP contribution is 2.48. The van der Waals surface area contributed by atoms with Gasteiger partial charge >= 0.3 is 19.5 Å². The summed E-state index contributed by atoms with van der Waals surface area (Å²) in [7, 11) is -3.33. The second-order valence-electron chi connectivity index (χ2n) is 5.61. The molecule has 1 atom stereocenters. The van der Waals surface area contributed by atoms with E-state index in [1.165, 1.54) is 0 Å². The average molecular weight is 387 g/mol. The Labute approximate surface area is 153 Å². The van der Waals surface area contributed by atoms with E-state index in [9.17, 15) is 19.3 Å². The summed E-state index contributed by atoms with van der Waals surface area (Å²) < 4.78 is 27.7. The molecule has 0 amide bonds. The van der Waals surface area contributed by atoms with Crippen molar-refractivity contribution < 1.29 is 33.0 Å². The van der Waals surface area contributed by atoms with Crippen molar-refractivity contribution in [2.24, 2.45) is 5.73 Å². The van der Waals surface area contributed by atoms with Crippen LogP contribution in [0.15, 0.2) is 30.3 Å². The maximum atomic E-state index is 12.4. The molecule has 1 aromatic rings. The molecule has 26 heavy (non-hydrogen) atoms. The summed E-state index contributed by atoms with van der Waals surface area (Å²) in [5.41, 5.74) is 4.27. The van der Waals surface area contributed by atoms with Crippen LogP contribution in [0.25, 0.3) is 0 Å². The maximum absolute atomic E-state index is 12.4. The molecule has 0 aliphatic rings. The number of benzene rings is 1. The first-order valence-corrected chi connectivity index (χ1v) is 10.1. The quantitative estimate of drug-likeness (QED) is 0.318. The van der Waals surface area contributed by atoms with Gasteiger partial charge in [-0.1, -0.05) is 30.3 Å². The van der Waals surface area contributed by atoms with Crippen LogP contribution in [0, 0.1) is 0 Å². The topological polar surface area (TPSA) is 125 Å². The van der Waals surface area contributed by atoms with Gasteiger partial charge in [0.05, 0.1) is 19.4 Å². The lowest BCUT2D eigenvalue weighted by atomic mass is 9.95. The Morgan fingerprint density at radius 1 is 1.15 bits per heavy atom. The Hall–Kier alpha value is -1.73. The van der Waals surface area contributed by atoms with Crippen LogP contribution in [0.5, 0.6) is 0 Å². The molecule has 3 N–H and O–H groups in total. The van der Waals surface area contributed by atoms with Gasteiger partial charge in [0.2, 0.25) is 5.54 Å². The van der Waals surface area contributed by atoms with Gasteiger partial charge in [0.25, 0.3) is 0 Å². The molecule has 0 fully saturated rings. The third-order valence-corrected chi connectivity index (χ3v) is 5.78. The largest absolute Gasteiger partial charge is 0.479 e. The summed E-state index contributed by atoms with van der Waals surface area (Å²) in [6, 6.07) is 8.84. The zero-order chi connectivity index (χ0) is 19.6. The standard InChI is InChI=1S/C17H26NO7P/c1-3-24-26(22,25-4-2)12-8-11-17(18,15(19)20)16(21)23-13-14-9-6-5-7-10-14/h5-7,9-10H,3-4,8,11-13,18H2,1-2H3,(H,19,20). The number of carbonyl (C=O) groups is 2. The van der Waals surface area contributed by atoms with Crippen LogP contribution in [-0.2, 0) is 34.5 Å². The highest BCUT2D eigenvalue weighted by Gasteiger charge is 2.44. The average Bonchev–Trinajstić information content (AvgIpc) is 2.60. The first-order valence-electron chi connectivity index (χ1n) is 8.39. The first-order chi connectivity index (χ1) is 12.3. The Balaban J connectivity index is 2.68. The number of carboxylic acids is 1. The molecule has 0 aliphatic heterocycles. The summed E-state index contributed by atoms with van der Waals surface area (Å²) in [4.78, 5) is 23.8. The molecule has 0 saturated heterocycles. The molecule has 146 valence electrons. The van der Waals surface area contributed by atoms with Crippen molar-refractivity contribution in [1.82, 2.24) is 0 Å². The Bertz CT molecular complexity index is 627. The normalized spacial score (nSPS) is 13.8. The molecular weight excluding hydrogens is 361 g/mol. The second kappa shape index (κ2) is 10.4. The van der Waals surface area contributed by atoms with Crippen molar-refractivity contribution in [3.8, 4) is 0 Å². The van der Waals surface area contributed by atoms with Gasteiger partial charge < -0.3 is 24.6 Å². The fourth-order valence-electron chi connectivity index (χ4n) is 2.26. The Kier molecular flexibility index (Phi) is 8.95. The molecule has 0 aromatic heterocycles. The van der Waals surface area contributed by atoms with Gasteiger partial charge in [-0.2, -0.15) is 0 Å². The SMILES string of the molecule is CCOP(=O)(CCCC(N)(C(=O)O)C(=O)OCc1ccccc1)OCC. The van der Waals surface area contributed by atoms with E-state index in [1.54, 1.807) is 38.1 Å². The monoisotopic (exact) mass is 387 g/mol. The van der Waals surface area contributed by atoms with Crippen molar-refractivity contribution in [2.45, 2.75) is 38.8 Å². The lowest BCUT2D eigenvalue weighted by Crippen LogP contribution is -2.55. The summed E-state index contributed by atoms with van der Waals surface area (Å²) in [5, 5.41) is 9.38. The zero-order valence-electron chi connectivity index (χ0n) is 15.1. The van der Waals surface area contributed by atoms with Crippen molar-refractivity contribution >= 4 is 19.5 Å². The number of aliphatic carboxylic acids is 1. The highest BCUT2D eigenvalue weighted by molar-refractivity contribution is 7.53. The van der Waals surface area contributed by atoms with Crippen molar-refractivity contribution in [3.63, 3.8) is 0 Å². The fourth-order valence-corrected chi connectivity index (χ4v) is 3.92. The fraction of sp³-hybridized carbons (Fsp3) is 0.529. The maximum Gasteiger partial charge on any atom is 0.338 e. The minimum Gasteiger partial charge on any atom is -0.479 e. The van der Waals surface area contributed by atoms with Crippen LogP contribution in [0.1, 0.15) is 32.3 Å². The van der Waals surface area contributed by atoms with E-state index in [2.05, 4.69) is 0 Å². The molecule has 9 heteroatoms. The third kappa shape index (κ3) is 6.53. The Morgan fingerprint density at radius 2 is 1.73 bits per heavy atom.